The van der Waals surface area contributed by atoms with Gasteiger partial charge in [-0.1, -0.05) is 56.7 Å². The van der Waals surface area contributed by atoms with Gasteiger partial charge in [-0.2, -0.15) is 0 Å². The van der Waals surface area contributed by atoms with E-state index in [1.165, 1.54) is 17.5 Å². The molecule has 0 saturated heterocycles. The Labute approximate surface area is 82.3 Å². The molecular formula is C13H20. The third-order valence-electron chi connectivity index (χ3n) is 1.60. The standard InChI is InChI=1S/C10H12.C3H8/c1-8(2)10-7-5-4-6-9(10)3;1-3-2/h4-7H,1H2,2-3H3;3H2,1-2H3. The van der Waals surface area contributed by atoms with Crippen molar-refractivity contribution in [2.45, 2.75) is 34.1 Å². The van der Waals surface area contributed by atoms with Gasteiger partial charge in [0.2, 0.25) is 0 Å². The van der Waals surface area contributed by atoms with Crippen LogP contribution in [-0.4, -0.2) is 0 Å². The van der Waals surface area contributed by atoms with Crippen LogP contribution in [-0.2, 0) is 0 Å². The molecule has 0 N–H and O–H groups in total. The van der Waals surface area contributed by atoms with E-state index in [-0.39, 0.29) is 0 Å². The minimum Gasteiger partial charge on any atom is -0.0955 e. The quantitative estimate of drug-likeness (QED) is 0.593. The molecule has 0 aromatic heterocycles. The van der Waals surface area contributed by atoms with E-state index in [9.17, 15) is 0 Å². The van der Waals surface area contributed by atoms with E-state index in [0.29, 0.717) is 0 Å². The number of allylic oxidation sites excluding steroid dienone is 1. The average molecular weight is 176 g/mol. The van der Waals surface area contributed by atoms with E-state index >= 15 is 0 Å². The highest BCUT2D eigenvalue weighted by atomic mass is 14.0. The van der Waals surface area contributed by atoms with Crippen molar-refractivity contribution in [2.24, 2.45) is 0 Å². The zero-order chi connectivity index (χ0) is 10.3. The summed E-state index contributed by atoms with van der Waals surface area (Å²) in [6.45, 7) is 12.3. The number of rotatable bonds is 1. The molecule has 0 heterocycles. The summed E-state index contributed by atoms with van der Waals surface area (Å²) in [5.74, 6) is 0. The second-order valence-electron chi connectivity index (χ2n) is 3.30. The Morgan fingerprint density at radius 1 is 1.23 bits per heavy atom. The summed E-state index contributed by atoms with van der Waals surface area (Å²) < 4.78 is 0. The van der Waals surface area contributed by atoms with E-state index in [0.717, 1.165) is 5.57 Å². The molecule has 1 aromatic rings. The second kappa shape index (κ2) is 6.47. The maximum Gasteiger partial charge on any atom is -0.0204 e. The number of aryl methyl sites for hydroxylation is 1. The highest BCUT2D eigenvalue weighted by molar-refractivity contribution is 5.63. The molecule has 0 radical (unpaired) electrons. The fourth-order valence-electron chi connectivity index (χ4n) is 1.05. The van der Waals surface area contributed by atoms with Crippen molar-refractivity contribution in [2.75, 3.05) is 0 Å². The van der Waals surface area contributed by atoms with Crippen LogP contribution in [0.3, 0.4) is 0 Å². The molecule has 1 aromatic carbocycles. The van der Waals surface area contributed by atoms with Gasteiger partial charge in [0.05, 0.1) is 0 Å². The fraction of sp³-hybridized carbons (Fsp3) is 0.385. The van der Waals surface area contributed by atoms with Gasteiger partial charge in [0.1, 0.15) is 0 Å². The zero-order valence-corrected chi connectivity index (χ0v) is 9.22. The molecule has 72 valence electrons. The van der Waals surface area contributed by atoms with Crippen molar-refractivity contribution in [3.05, 3.63) is 42.0 Å². The Morgan fingerprint density at radius 3 is 2.00 bits per heavy atom. The first-order valence-electron chi connectivity index (χ1n) is 4.85. The van der Waals surface area contributed by atoms with Crippen molar-refractivity contribution in [1.29, 1.82) is 0 Å². The van der Waals surface area contributed by atoms with Crippen LogP contribution in [0.2, 0.25) is 0 Å². The Kier molecular flexibility index (Phi) is 5.96. The van der Waals surface area contributed by atoms with Gasteiger partial charge in [-0.25, -0.2) is 0 Å². The normalized spacial score (nSPS) is 8.62. The molecule has 0 bridgehead atoms. The van der Waals surface area contributed by atoms with E-state index in [1.54, 1.807) is 0 Å². The second-order valence-corrected chi connectivity index (χ2v) is 3.30. The van der Waals surface area contributed by atoms with Crippen LogP contribution < -0.4 is 0 Å². The number of hydrogen-bond acceptors (Lipinski definition) is 0. The summed E-state index contributed by atoms with van der Waals surface area (Å²) in [5, 5.41) is 0. The zero-order valence-electron chi connectivity index (χ0n) is 9.22. The van der Waals surface area contributed by atoms with Crippen LogP contribution >= 0.6 is 0 Å². The predicted octanol–water partition coefficient (Wildman–Crippen LogP) is 4.44. The first kappa shape index (κ1) is 12.0. The van der Waals surface area contributed by atoms with Crippen LogP contribution in [0.15, 0.2) is 30.8 Å². The molecule has 0 aliphatic rings. The summed E-state index contributed by atoms with van der Waals surface area (Å²) in [7, 11) is 0. The Bertz CT molecular complexity index is 258. The third-order valence-corrected chi connectivity index (χ3v) is 1.60. The van der Waals surface area contributed by atoms with E-state index in [2.05, 4.69) is 39.5 Å². The third kappa shape index (κ3) is 4.51. The van der Waals surface area contributed by atoms with Crippen LogP contribution in [0.25, 0.3) is 5.57 Å². The molecule has 0 atom stereocenters. The van der Waals surface area contributed by atoms with Gasteiger partial charge in [0.15, 0.2) is 0 Å². The van der Waals surface area contributed by atoms with Crippen molar-refractivity contribution in [3.8, 4) is 0 Å². The molecule has 0 heteroatoms. The van der Waals surface area contributed by atoms with Crippen LogP contribution in [0, 0.1) is 6.92 Å². The van der Waals surface area contributed by atoms with Crippen molar-refractivity contribution < 1.29 is 0 Å². The summed E-state index contributed by atoms with van der Waals surface area (Å²) >= 11 is 0. The lowest BCUT2D eigenvalue weighted by Crippen LogP contribution is -1.81. The molecule has 0 nitrogen and oxygen atoms in total. The summed E-state index contributed by atoms with van der Waals surface area (Å²) in [4.78, 5) is 0. The van der Waals surface area contributed by atoms with Gasteiger partial charge in [-0.3, -0.25) is 0 Å². The fourth-order valence-corrected chi connectivity index (χ4v) is 1.05. The van der Waals surface area contributed by atoms with E-state index in [1.807, 2.05) is 19.1 Å². The van der Waals surface area contributed by atoms with Gasteiger partial charge < -0.3 is 0 Å². The monoisotopic (exact) mass is 176 g/mol. The number of hydrogen-bond donors (Lipinski definition) is 0. The van der Waals surface area contributed by atoms with E-state index < -0.39 is 0 Å². The molecule has 0 unspecified atom stereocenters. The number of benzene rings is 1. The smallest absolute Gasteiger partial charge is 0.0204 e. The minimum absolute atomic E-state index is 1.14. The minimum atomic E-state index is 1.14. The lowest BCUT2D eigenvalue weighted by atomic mass is 10.0. The van der Waals surface area contributed by atoms with Crippen molar-refractivity contribution in [1.82, 2.24) is 0 Å². The molecule has 1 rings (SSSR count). The first-order chi connectivity index (χ1) is 6.13. The Hall–Kier alpha value is -1.04. The highest BCUT2D eigenvalue weighted by Crippen LogP contribution is 2.14. The first-order valence-corrected chi connectivity index (χ1v) is 4.85. The van der Waals surface area contributed by atoms with Gasteiger partial charge in [-0.15, -0.1) is 0 Å². The van der Waals surface area contributed by atoms with Gasteiger partial charge in [0.25, 0.3) is 0 Å². The SMILES string of the molecule is C=C(C)c1ccccc1C.CCC. The topological polar surface area (TPSA) is 0 Å². The summed E-state index contributed by atoms with van der Waals surface area (Å²) in [6, 6.07) is 8.28. The van der Waals surface area contributed by atoms with Crippen molar-refractivity contribution in [3.63, 3.8) is 0 Å². The highest BCUT2D eigenvalue weighted by Gasteiger charge is 1.94. The van der Waals surface area contributed by atoms with Gasteiger partial charge >= 0.3 is 0 Å². The maximum atomic E-state index is 3.89. The Balaban J connectivity index is 0.000000424. The molecule has 0 amide bonds. The summed E-state index contributed by atoms with van der Waals surface area (Å²) in [5.41, 5.74) is 3.70. The molecule has 0 aliphatic heterocycles. The maximum absolute atomic E-state index is 3.89. The van der Waals surface area contributed by atoms with Crippen LogP contribution in [0.4, 0.5) is 0 Å². The van der Waals surface area contributed by atoms with Crippen LogP contribution in [0.5, 0.6) is 0 Å². The van der Waals surface area contributed by atoms with Gasteiger partial charge in [-0.05, 0) is 25.0 Å². The van der Waals surface area contributed by atoms with Crippen LogP contribution in [0.1, 0.15) is 38.3 Å². The molecule has 0 saturated carbocycles. The van der Waals surface area contributed by atoms with Gasteiger partial charge in [0, 0.05) is 0 Å². The molecule has 13 heavy (non-hydrogen) atoms. The van der Waals surface area contributed by atoms with E-state index in [4.69, 9.17) is 0 Å². The van der Waals surface area contributed by atoms with Crippen molar-refractivity contribution >= 4 is 5.57 Å². The molecule has 0 fully saturated rings. The Morgan fingerprint density at radius 2 is 1.69 bits per heavy atom. The molecule has 0 spiro atoms. The summed E-state index contributed by atoms with van der Waals surface area (Å²) in [6.07, 6.45) is 1.25. The lowest BCUT2D eigenvalue weighted by Gasteiger charge is -2.02. The predicted molar refractivity (Wildman–Crippen MR) is 61.9 cm³/mol. The molecule has 0 aliphatic carbocycles. The lowest BCUT2D eigenvalue weighted by molar-refractivity contribution is 1.09. The molecular weight excluding hydrogens is 156 g/mol. The average Bonchev–Trinajstić information content (AvgIpc) is 2.06. The largest absolute Gasteiger partial charge is 0.0955 e.